The Labute approximate surface area is 119 Å². The van der Waals surface area contributed by atoms with Crippen LogP contribution in [-0.2, 0) is 0 Å². The molecule has 2 atom stereocenters. The zero-order valence-corrected chi connectivity index (χ0v) is 12.6. The highest BCUT2D eigenvalue weighted by molar-refractivity contribution is 8.00. The normalized spacial score (nSPS) is 30.6. The van der Waals surface area contributed by atoms with Crippen molar-refractivity contribution in [2.45, 2.75) is 35.3 Å². The van der Waals surface area contributed by atoms with Crippen LogP contribution in [0.3, 0.4) is 0 Å². The number of hydrogen-bond donors (Lipinski definition) is 1. The van der Waals surface area contributed by atoms with E-state index < -0.39 is 0 Å². The molecule has 0 radical (unpaired) electrons. The van der Waals surface area contributed by atoms with Gasteiger partial charge in [0, 0.05) is 34.4 Å². The van der Waals surface area contributed by atoms with E-state index in [0.29, 0.717) is 10.7 Å². The van der Waals surface area contributed by atoms with E-state index in [2.05, 4.69) is 48.3 Å². The van der Waals surface area contributed by atoms with Crippen molar-refractivity contribution >= 4 is 23.5 Å². The summed E-state index contributed by atoms with van der Waals surface area (Å²) in [4.78, 5) is 1.49. The predicted octanol–water partition coefficient (Wildman–Crippen LogP) is 3.75. The molecule has 2 aliphatic rings. The first-order valence-electron chi connectivity index (χ1n) is 6.83. The molecule has 1 aromatic carbocycles. The number of fused-ring (bicyclic) bond motifs is 1. The van der Waals surface area contributed by atoms with Gasteiger partial charge in [-0.15, -0.1) is 11.8 Å². The van der Waals surface area contributed by atoms with E-state index in [1.54, 1.807) is 5.56 Å². The van der Waals surface area contributed by atoms with Gasteiger partial charge in [-0.3, -0.25) is 0 Å². The topological polar surface area (TPSA) is 12.0 Å². The molecular weight excluding hydrogens is 258 g/mol. The third-order valence-electron chi connectivity index (χ3n) is 3.99. The monoisotopic (exact) mass is 279 g/mol. The Morgan fingerprint density at radius 3 is 3.11 bits per heavy atom. The number of thioether (sulfide) groups is 2. The highest BCUT2D eigenvalue weighted by atomic mass is 32.2. The SMILES string of the molecule is CC1(CNCC2CSc3ccccc32)CCCS1. The molecule has 3 heteroatoms. The molecule has 3 rings (SSSR count). The second-order valence-electron chi connectivity index (χ2n) is 5.58. The average molecular weight is 279 g/mol. The van der Waals surface area contributed by atoms with Crippen molar-refractivity contribution in [1.29, 1.82) is 0 Å². The van der Waals surface area contributed by atoms with Gasteiger partial charge in [-0.25, -0.2) is 0 Å². The van der Waals surface area contributed by atoms with Crippen molar-refractivity contribution in [1.82, 2.24) is 5.32 Å². The van der Waals surface area contributed by atoms with Gasteiger partial charge in [0.1, 0.15) is 0 Å². The zero-order valence-electron chi connectivity index (χ0n) is 10.9. The largest absolute Gasteiger partial charge is 0.315 e. The van der Waals surface area contributed by atoms with E-state index in [4.69, 9.17) is 0 Å². The minimum atomic E-state index is 0.491. The average Bonchev–Trinajstić information content (AvgIpc) is 2.97. The minimum absolute atomic E-state index is 0.491. The van der Waals surface area contributed by atoms with Crippen LogP contribution in [0.5, 0.6) is 0 Å². The summed E-state index contributed by atoms with van der Waals surface area (Å²) in [7, 11) is 0. The molecule has 1 saturated heterocycles. The second kappa shape index (κ2) is 5.48. The molecule has 0 aromatic heterocycles. The Morgan fingerprint density at radius 1 is 1.39 bits per heavy atom. The maximum absolute atomic E-state index is 3.72. The zero-order chi connectivity index (χ0) is 12.4. The summed E-state index contributed by atoms with van der Waals surface area (Å²) in [5.41, 5.74) is 1.55. The van der Waals surface area contributed by atoms with Crippen molar-refractivity contribution in [2.75, 3.05) is 24.6 Å². The number of hydrogen-bond acceptors (Lipinski definition) is 3. The van der Waals surface area contributed by atoms with Crippen LogP contribution in [0.15, 0.2) is 29.2 Å². The van der Waals surface area contributed by atoms with E-state index >= 15 is 0 Å². The van der Waals surface area contributed by atoms with Crippen molar-refractivity contribution in [3.63, 3.8) is 0 Å². The van der Waals surface area contributed by atoms with Crippen molar-refractivity contribution in [3.05, 3.63) is 29.8 Å². The van der Waals surface area contributed by atoms with E-state index in [-0.39, 0.29) is 0 Å². The molecule has 2 aliphatic heterocycles. The fourth-order valence-corrected chi connectivity index (χ4v) is 5.41. The third-order valence-corrected chi connectivity index (χ3v) is 6.78. The third kappa shape index (κ3) is 2.73. The molecule has 1 aromatic rings. The van der Waals surface area contributed by atoms with Crippen LogP contribution in [0, 0.1) is 0 Å². The predicted molar refractivity (Wildman–Crippen MR) is 82.9 cm³/mol. The van der Waals surface area contributed by atoms with Crippen LogP contribution < -0.4 is 5.32 Å². The molecule has 0 bridgehead atoms. The van der Waals surface area contributed by atoms with E-state index in [0.717, 1.165) is 6.54 Å². The van der Waals surface area contributed by atoms with Gasteiger partial charge < -0.3 is 5.32 Å². The van der Waals surface area contributed by atoms with Gasteiger partial charge in [-0.05, 0) is 37.1 Å². The Balaban J connectivity index is 1.53. The number of nitrogens with one attached hydrogen (secondary N) is 1. The summed E-state index contributed by atoms with van der Waals surface area (Å²) in [6.07, 6.45) is 2.77. The van der Waals surface area contributed by atoms with Crippen LogP contribution in [0.2, 0.25) is 0 Å². The molecule has 2 unspecified atom stereocenters. The van der Waals surface area contributed by atoms with Crippen molar-refractivity contribution < 1.29 is 0 Å². The molecular formula is C15H21NS2. The standard InChI is InChI=1S/C15H21NS2/c1-15(7-4-8-18-15)11-16-9-12-10-17-14-6-3-2-5-13(12)14/h2-3,5-6,12,16H,4,7-11H2,1H3. The summed E-state index contributed by atoms with van der Waals surface area (Å²) in [5.74, 6) is 3.30. The molecule has 0 aliphatic carbocycles. The van der Waals surface area contributed by atoms with Gasteiger partial charge in [0.25, 0.3) is 0 Å². The summed E-state index contributed by atoms with van der Waals surface area (Å²) >= 11 is 4.16. The summed E-state index contributed by atoms with van der Waals surface area (Å²) in [5, 5.41) is 3.72. The Bertz CT molecular complexity index is 413. The van der Waals surface area contributed by atoms with Gasteiger partial charge in [0.05, 0.1) is 0 Å². The Hall–Kier alpha value is -0.120. The highest BCUT2D eigenvalue weighted by Gasteiger charge is 2.29. The lowest BCUT2D eigenvalue weighted by Gasteiger charge is -2.24. The molecule has 0 saturated carbocycles. The first-order chi connectivity index (χ1) is 8.77. The lowest BCUT2D eigenvalue weighted by atomic mass is 10.0. The summed E-state index contributed by atoms with van der Waals surface area (Å²) < 4.78 is 0.491. The first kappa shape index (κ1) is 12.9. The lowest BCUT2D eigenvalue weighted by molar-refractivity contribution is 0.521. The molecule has 18 heavy (non-hydrogen) atoms. The van der Waals surface area contributed by atoms with E-state index in [9.17, 15) is 0 Å². The van der Waals surface area contributed by atoms with Crippen LogP contribution in [-0.4, -0.2) is 29.3 Å². The fraction of sp³-hybridized carbons (Fsp3) is 0.600. The summed E-state index contributed by atoms with van der Waals surface area (Å²) in [6.45, 7) is 4.72. The molecule has 1 fully saturated rings. The van der Waals surface area contributed by atoms with Crippen LogP contribution >= 0.6 is 23.5 Å². The van der Waals surface area contributed by atoms with Crippen molar-refractivity contribution in [2.24, 2.45) is 0 Å². The Kier molecular flexibility index (Phi) is 3.92. The molecule has 1 nitrogen and oxygen atoms in total. The van der Waals surface area contributed by atoms with Gasteiger partial charge in [-0.1, -0.05) is 18.2 Å². The number of rotatable bonds is 4. The second-order valence-corrected chi connectivity index (χ2v) is 8.32. The van der Waals surface area contributed by atoms with E-state index in [1.165, 1.54) is 35.8 Å². The minimum Gasteiger partial charge on any atom is -0.315 e. The molecule has 1 N–H and O–H groups in total. The highest BCUT2D eigenvalue weighted by Crippen LogP contribution is 2.40. The quantitative estimate of drug-likeness (QED) is 0.901. The van der Waals surface area contributed by atoms with Gasteiger partial charge in [0.2, 0.25) is 0 Å². The maximum atomic E-state index is 3.72. The smallest absolute Gasteiger partial charge is 0.0256 e. The van der Waals surface area contributed by atoms with E-state index in [1.807, 2.05) is 11.8 Å². The first-order valence-corrected chi connectivity index (χ1v) is 8.80. The molecule has 0 spiro atoms. The number of benzene rings is 1. The van der Waals surface area contributed by atoms with Crippen LogP contribution in [0.1, 0.15) is 31.2 Å². The summed E-state index contributed by atoms with van der Waals surface area (Å²) in [6, 6.07) is 8.88. The van der Waals surface area contributed by atoms with Crippen molar-refractivity contribution in [3.8, 4) is 0 Å². The molecule has 98 valence electrons. The van der Waals surface area contributed by atoms with Gasteiger partial charge in [0.15, 0.2) is 0 Å². The van der Waals surface area contributed by atoms with Crippen LogP contribution in [0.4, 0.5) is 0 Å². The lowest BCUT2D eigenvalue weighted by Crippen LogP contribution is -2.35. The van der Waals surface area contributed by atoms with Gasteiger partial charge >= 0.3 is 0 Å². The van der Waals surface area contributed by atoms with Crippen LogP contribution in [0.25, 0.3) is 0 Å². The fourth-order valence-electron chi connectivity index (χ4n) is 2.89. The Morgan fingerprint density at radius 2 is 2.28 bits per heavy atom. The molecule has 2 heterocycles. The maximum Gasteiger partial charge on any atom is 0.0256 e. The molecule has 0 amide bonds. The van der Waals surface area contributed by atoms with Gasteiger partial charge in [-0.2, -0.15) is 11.8 Å².